The van der Waals surface area contributed by atoms with Crippen molar-refractivity contribution >= 4 is 5.91 Å². The van der Waals surface area contributed by atoms with Crippen LogP contribution in [0.4, 0.5) is 13.2 Å². The lowest BCUT2D eigenvalue weighted by Gasteiger charge is -2.41. The van der Waals surface area contributed by atoms with Gasteiger partial charge in [-0.2, -0.15) is 13.2 Å². The first kappa shape index (κ1) is 17.7. The molecule has 4 nitrogen and oxygen atoms in total. The van der Waals surface area contributed by atoms with E-state index >= 15 is 0 Å². The number of likely N-dealkylation sites (tertiary alicyclic amines) is 1. The summed E-state index contributed by atoms with van der Waals surface area (Å²) in [5, 5.41) is 11.7. The molecular weight excluding hydrogens is 309 g/mol. The number of aliphatic hydroxyl groups excluding tert-OH is 1. The largest absolute Gasteiger partial charge is 0.471 e. The predicted molar refractivity (Wildman–Crippen MR) is 79.7 cm³/mol. The normalized spacial score (nSPS) is 21.0. The maximum absolute atomic E-state index is 12.3. The molecule has 0 bridgehead atoms. The predicted octanol–water partition coefficient (Wildman–Crippen LogP) is 2.25. The summed E-state index contributed by atoms with van der Waals surface area (Å²) in [6.07, 6.45) is -2.35. The van der Waals surface area contributed by atoms with Crippen molar-refractivity contribution in [3.8, 4) is 0 Å². The minimum atomic E-state index is -4.87. The molecule has 23 heavy (non-hydrogen) atoms. The van der Waals surface area contributed by atoms with Crippen molar-refractivity contribution in [2.75, 3.05) is 19.7 Å². The van der Waals surface area contributed by atoms with E-state index in [2.05, 4.69) is 0 Å². The third-order valence-corrected chi connectivity index (χ3v) is 4.19. The van der Waals surface area contributed by atoms with Gasteiger partial charge in [0.05, 0.1) is 12.6 Å². The number of benzene rings is 1. The van der Waals surface area contributed by atoms with Crippen LogP contribution < -0.4 is 5.32 Å². The highest BCUT2D eigenvalue weighted by atomic mass is 19.4. The summed E-state index contributed by atoms with van der Waals surface area (Å²) in [6, 6.07) is 8.89. The Labute approximate surface area is 133 Å². The topological polar surface area (TPSA) is 52.6 Å². The minimum absolute atomic E-state index is 0.0678. The molecule has 2 rings (SSSR count). The van der Waals surface area contributed by atoms with Gasteiger partial charge in [0.1, 0.15) is 0 Å². The smallest absolute Gasteiger partial charge is 0.394 e. The molecule has 2 atom stereocenters. The number of nitrogens with one attached hydrogen (secondary N) is 1. The van der Waals surface area contributed by atoms with Crippen LogP contribution in [-0.2, 0) is 4.79 Å². The maximum atomic E-state index is 12.3. The quantitative estimate of drug-likeness (QED) is 0.871. The van der Waals surface area contributed by atoms with Crippen LogP contribution in [0.5, 0.6) is 0 Å². The summed E-state index contributed by atoms with van der Waals surface area (Å²) in [5.41, 5.74) is 0.920. The Morgan fingerprint density at radius 1 is 1.30 bits per heavy atom. The van der Waals surface area contributed by atoms with Crippen molar-refractivity contribution in [2.45, 2.75) is 37.5 Å². The van der Waals surface area contributed by atoms with Crippen molar-refractivity contribution in [1.82, 2.24) is 10.2 Å². The van der Waals surface area contributed by atoms with Crippen molar-refractivity contribution in [2.24, 2.45) is 0 Å². The lowest BCUT2D eigenvalue weighted by atomic mass is 9.96. The monoisotopic (exact) mass is 330 g/mol. The molecule has 1 saturated heterocycles. The molecule has 2 N–H and O–H groups in total. The molecule has 0 aromatic heterocycles. The molecule has 128 valence electrons. The molecule has 1 heterocycles. The Hall–Kier alpha value is -1.60. The summed E-state index contributed by atoms with van der Waals surface area (Å²) in [4.78, 5) is 13.0. The summed E-state index contributed by atoms with van der Waals surface area (Å²) in [5.74, 6) is -1.91. The van der Waals surface area contributed by atoms with Gasteiger partial charge in [-0.05, 0) is 24.9 Å². The standard InChI is InChI=1S/C16H21F3N2O2/c17-16(18,19)15(23)20-10-13-8-4-5-9-21(13)14(11-22)12-6-2-1-3-7-12/h1-3,6-7,13-14,22H,4-5,8-11H2,(H,20,23)/t13?,14-/m1/s1. The average molecular weight is 330 g/mol. The van der Waals surface area contributed by atoms with Crippen molar-refractivity contribution in [3.05, 3.63) is 35.9 Å². The first-order valence-electron chi connectivity index (χ1n) is 7.70. The molecule has 0 radical (unpaired) electrons. The Balaban J connectivity index is 2.07. The van der Waals surface area contributed by atoms with E-state index in [9.17, 15) is 23.1 Å². The van der Waals surface area contributed by atoms with Gasteiger partial charge >= 0.3 is 12.1 Å². The Bertz CT molecular complexity index is 508. The number of hydrogen-bond donors (Lipinski definition) is 2. The number of carbonyl (C=O) groups excluding carboxylic acids is 1. The Kier molecular flexibility index (Phi) is 6.01. The summed E-state index contributed by atoms with van der Waals surface area (Å²) in [6.45, 7) is 0.502. The van der Waals surface area contributed by atoms with Gasteiger partial charge < -0.3 is 10.4 Å². The third kappa shape index (κ3) is 4.68. The minimum Gasteiger partial charge on any atom is -0.394 e. The van der Waals surface area contributed by atoms with Gasteiger partial charge in [-0.25, -0.2) is 0 Å². The molecule has 7 heteroatoms. The van der Waals surface area contributed by atoms with E-state index < -0.39 is 12.1 Å². The van der Waals surface area contributed by atoms with Crippen LogP contribution in [-0.4, -0.2) is 47.8 Å². The summed E-state index contributed by atoms with van der Waals surface area (Å²) < 4.78 is 37.0. The maximum Gasteiger partial charge on any atom is 0.471 e. The number of nitrogens with zero attached hydrogens (tertiary/aromatic N) is 1. The van der Waals surface area contributed by atoms with E-state index in [0.29, 0.717) is 13.0 Å². The molecule has 1 amide bonds. The molecule has 0 aliphatic carbocycles. The van der Waals surface area contributed by atoms with E-state index in [-0.39, 0.29) is 25.2 Å². The third-order valence-electron chi connectivity index (χ3n) is 4.19. The molecule has 1 aliphatic heterocycles. The molecule has 0 spiro atoms. The highest BCUT2D eigenvalue weighted by Gasteiger charge is 2.39. The lowest BCUT2D eigenvalue weighted by Crippen LogP contribution is -2.50. The first-order valence-corrected chi connectivity index (χ1v) is 7.70. The number of amides is 1. The molecule has 1 fully saturated rings. The van der Waals surface area contributed by atoms with Gasteiger partial charge in [-0.15, -0.1) is 0 Å². The van der Waals surface area contributed by atoms with Crippen LogP contribution in [0.3, 0.4) is 0 Å². The summed E-state index contributed by atoms with van der Waals surface area (Å²) >= 11 is 0. The van der Waals surface area contributed by atoms with E-state index in [0.717, 1.165) is 18.4 Å². The van der Waals surface area contributed by atoms with E-state index in [1.54, 1.807) is 0 Å². The van der Waals surface area contributed by atoms with E-state index in [4.69, 9.17) is 0 Å². The zero-order valence-corrected chi connectivity index (χ0v) is 12.7. The van der Waals surface area contributed by atoms with Gasteiger partial charge in [0.15, 0.2) is 0 Å². The van der Waals surface area contributed by atoms with Gasteiger partial charge in [-0.3, -0.25) is 9.69 Å². The molecule has 0 saturated carbocycles. The average Bonchev–Trinajstić information content (AvgIpc) is 2.54. The number of carbonyl (C=O) groups is 1. The van der Waals surface area contributed by atoms with Gasteiger partial charge in [-0.1, -0.05) is 36.8 Å². The van der Waals surface area contributed by atoms with Crippen LogP contribution in [0.15, 0.2) is 30.3 Å². The number of piperidine rings is 1. The number of rotatable bonds is 5. The van der Waals surface area contributed by atoms with Gasteiger partial charge in [0.2, 0.25) is 0 Å². The van der Waals surface area contributed by atoms with Crippen LogP contribution >= 0.6 is 0 Å². The highest BCUT2D eigenvalue weighted by Crippen LogP contribution is 2.28. The molecular formula is C16H21F3N2O2. The van der Waals surface area contributed by atoms with E-state index in [1.807, 2.05) is 40.5 Å². The Morgan fingerprint density at radius 3 is 2.61 bits per heavy atom. The van der Waals surface area contributed by atoms with Crippen LogP contribution in [0, 0.1) is 0 Å². The first-order chi connectivity index (χ1) is 10.9. The summed E-state index contributed by atoms with van der Waals surface area (Å²) in [7, 11) is 0. The number of aliphatic hydroxyl groups is 1. The molecule has 1 aromatic carbocycles. The fourth-order valence-corrected chi connectivity index (χ4v) is 3.04. The van der Waals surface area contributed by atoms with E-state index in [1.165, 1.54) is 0 Å². The number of hydrogen-bond acceptors (Lipinski definition) is 3. The number of alkyl halides is 3. The SMILES string of the molecule is O=C(NCC1CCCCN1[C@H](CO)c1ccccc1)C(F)(F)F. The van der Waals surface area contributed by atoms with Crippen LogP contribution in [0.2, 0.25) is 0 Å². The van der Waals surface area contributed by atoms with Crippen molar-refractivity contribution < 1.29 is 23.1 Å². The second-order valence-electron chi connectivity index (χ2n) is 5.70. The second-order valence-corrected chi connectivity index (χ2v) is 5.70. The van der Waals surface area contributed by atoms with Crippen molar-refractivity contribution in [1.29, 1.82) is 0 Å². The van der Waals surface area contributed by atoms with Gasteiger partial charge in [0, 0.05) is 12.6 Å². The van der Waals surface area contributed by atoms with Crippen LogP contribution in [0.1, 0.15) is 30.9 Å². The lowest BCUT2D eigenvalue weighted by molar-refractivity contribution is -0.173. The highest BCUT2D eigenvalue weighted by molar-refractivity contribution is 5.81. The van der Waals surface area contributed by atoms with Crippen LogP contribution in [0.25, 0.3) is 0 Å². The van der Waals surface area contributed by atoms with Gasteiger partial charge in [0.25, 0.3) is 0 Å². The molecule has 1 aromatic rings. The zero-order valence-electron chi connectivity index (χ0n) is 12.7. The zero-order chi connectivity index (χ0) is 16.9. The fraction of sp³-hybridized carbons (Fsp3) is 0.562. The second kappa shape index (κ2) is 7.79. The molecule has 1 unspecified atom stereocenters. The van der Waals surface area contributed by atoms with Crippen molar-refractivity contribution in [3.63, 3.8) is 0 Å². The molecule has 1 aliphatic rings. The fourth-order valence-electron chi connectivity index (χ4n) is 3.04. The number of halogens is 3. The Morgan fingerprint density at radius 2 is 2.00 bits per heavy atom.